The molecule has 236 valence electrons. The number of aromatic nitrogens is 4. The smallest absolute Gasteiger partial charge is 0.479 e. The first-order valence-corrected chi connectivity index (χ1v) is 14.7. The summed E-state index contributed by atoms with van der Waals surface area (Å²) in [5.41, 5.74) is -1.96. The molecule has 7 atom stereocenters. The second kappa shape index (κ2) is 13.6. The van der Waals surface area contributed by atoms with Crippen LogP contribution in [0.15, 0.2) is 6.33 Å². The summed E-state index contributed by atoms with van der Waals surface area (Å²) in [5.74, 6) is -0.276. The number of hydrogen-bond donors (Lipinski definition) is 2. The molecule has 0 amide bonds. The van der Waals surface area contributed by atoms with Crippen molar-refractivity contribution in [3.63, 3.8) is 0 Å². The lowest BCUT2D eigenvalue weighted by Crippen LogP contribution is -2.41. The molecule has 2 unspecified atom stereocenters. The number of aliphatic hydroxyl groups excluding tert-OH is 1. The highest BCUT2D eigenvalue weighted by Gasteiger charge is 2.56. The summed E-state index contributed by atoms with van der Waals surface area (Å²) in [6.45, 7) is 9.47. The fourth-order valence-corrected chi connectivity index (χ4v) is 5.61. The van der Waals surface area contributed by atoms with Crippen LogP contribution in [0.4, 0.5) is 9.18 Å². The molecule has 0 radical (unpaired) electrons. The van der Waals surface area contributed by atoms with E-state index in [4.69, 9.17) is 28.0 Å². The Hall–Kier alpha value is -2.95. The number of halogens is 1. The number of aliphatic hydroxyl groups is 1. The number of nitrogens with zero attached hydrogens (tertiary/aromatic N) is 4. The lowest BCUT2D eigenvalue weighted by molar-refractivity contribution is -0.149. The van der Waals surface area contributed by atoms with Crippen LogP contribution in [0.25, 0.3) is 11.2 Å². The van der Waals surface area contributed by atoms with Crippen molar-refractivity contribution in [1.29, 1.82) is 0 Å². The zero-order valence-corrected chi connectivity index (χ0v) is 25.5. The molecule has 0 bridgehead atoms. The maximum Gasteiger partial charge on any atom is 0.510 e. The molecule has 2 aromatic heterocycles. The molecule has 0 aliphatic carbocycles. The normalized spacial score (nSPS) is 25.2. The van der Waals surface area contributed by atoms with E-state index in [-0.39, 0.29) is 23.7 Å². The van der Waals surface area contributed by atoms with Crippen LogP contribution in [0.5, 0.6) is 5.88 Å². The van der Waals surface area contributed by atoms with Crippen molar-refractivity contribution in [2.45, 2.75) is 91.0 Å². The standard InChI is InChI=1S/C24H37FN5O11P/c1-9-36-23(33)39-15(6)41-42(34,29-13(4)21(32)38-12(2)3)37-10-16-18(31)24(7,25)22(40-16)30-11-26-17-19(30)27-14(5)28-20(17)35-8/h11-13,15-16,18,22,31H,9-10H2,1-8H3,(H,29,34)/t13-,15?,16+,18+,22+,24+,42?/m0/s1. The predicted octanol–water partition coefficient (Wildman–Crippen LogP) is 2.72. The summed E-state index contributed by atoms with van der Waals surface area (Å²) in [6, 6.07) is -1.21. The van der Waals surface area contributed by atoms with E-state index < -0.39 is 69.0 Å². The summed E-state index contributed by atoms with van der Waals surface area (Å²) in [5, 5.41) is 13.3. The molecule has 18 heteroatoms. The highest BCUT2D eigenvalue weighted by molar-refractivity contribution is 7.51. The number of methoxy groups -OCH3 is 1. The van der Waals surface area contributed by atoms with Crippen LogP contribution in [0.1, 0.15) is 53.6 Å². The summed E-state index contributed by atoms with van der Waals surface area (Å²) in [7, 11) is -3.11. The first-order chi connectivity index (χ1) is 19.6. The van der Waals surface area contributed by atoms with Crippen molar-refractivity contribution >= 4 is 31.0 Å². The molecule has 42 heavy (non-hydrogen) atoms. The van der Waals surface area contributed by atoms with E-state index in [1.807, 2.05) is 0 Å². The zero-order valence-electron chi connectivity index (χ0n) is 24.6. The van der Waals surface area contributed by atoms with Gasteiger partial charge < -0.3 is 28.8 Å². The molecule has 1 saturated heterocycles. The van der Waals surface area contributed by atoms with Gasteiger partial charge in [0.05, 0.1) is 32.8 Å². The van der Waals surface area contributed by atoms with Crippen molar-refractivity contribution in [3.8, 4) is 5.88 Å². The van der Waals surface area contributed by atoms with Gasteiger partial charge in [0.1, 0.15) is 24.1 Å². The van der Waals surface area contributed by atoms with Crippen LogP contribution in [-0.4, -0.2) is 93.4 Å². The number of aryl methyl sites for hydroxylation is 1. The Morgan fingerprint density at radius 2 is 1.95 bits per heavy atom. The molecule has 16 nitrogen and oxygen atoms in total. The predicted molar refractivity (Wildman–Crippen MR) is 142 cm³/mol. The molecule has 1 fully saturated rings. The van der Waals surface area contributed by atoms with Gasteiger partial charge in [-0.25, -0.2) is 28.8 Å². The van der Waals surface area contributed by atoms with Gasteiger partial charge in [-0.15, -0.1) is 0 Å². The first-order valence-electron chi connectivity index (χ1n) is 13.1. The lowest BCUT2D eigenvalue weighted by Gasteiger charge is -2.26. The average molecular weight is 622 g/mol. The van der Waals surface area contributed by atoms with E-state index >= 15 is 4.39 Å². The van der Waals surface area contributed by atoms with Gasteiger partial charge in [0, 0.05) is 0 Å². The lowest BCUT2D eigenvalue weighted by atomic mass is 9.98. The minimum Gasteiger partial charge on any atom is -0.479 e. The number of esters is 1. The summed E-state index contributed by atoms with van der Waals surface area (Å²) in [6.07, 6.45) is -6.38. The fourth-order valence-electron chi connectivity index (χ4n) is 4.06. The van der Waals surface area contributed by atoms with Crippen molar-refractivity contribution in [1.82, 2.24) is 24.6 Å². The number of ether oxygens (including phenoxy) is 5. The number of rotatable bonds is 13. The molecule has 3 rings (SSSR count). The summed E-state index contributed by atoms with van der Waals surface area (Å²) >= 11 is 0. The molecular formula is C24H37FN5O11P. The van der Waals surface area contributed by atoms with E-state index in [2.05, 4.69) is 24.8 Å². The van der Waals surface area contributed by atoms with Gasteiger partial charge in [-0.3, -0.25) is 18.4 Å². The van der Waals surface area contributed by atoms with E-state index in [1.165, 1.54) is 31.9 Å². The van der Waals surface area contributed by atoms with E-state index in [0.717, 1.165) is 6.92 Å². The largest absolute Gasteiger partial charge is 0.510 e. The number of alkyl halides is 1. The molecule has 2 N–H and O–H groups in total. The van der Waals surface area contributed by atoms with Crippen LogP contribution in [-0.2, 0) is 37.4 Å². The van der Waals surface area contributed by atoms with Gasteiger partial charge in [0.15, 0.2) is 23.1 Å². The maximum absolute atomic E-state index is 16.0. The molecule has 0 saturated carbocycles. The van der Waals surface area contributed by atoms with Gasteiger partial charge in [0.2, 0.25) is 12.2 Å². The number of nitrogens with one attached hydrogen (secondary N) is 1. The number of carbonyl (C=O) groups is 2. The first kappa shape index (κ1) is 33.6. The Kier molecular flexibility index (Phi) is 10.8. The Morgan fingerprint density at radius 1 is 1.26 bits per heavy atom. The molecular weight excluding hydrogens is 584 g/mol. The van der Waals surface area contributed by atoms with Crippen molar-refractivity contribution in [2.24, 2.45) is 0 Å². The highest BCUT2D eigenvalue weighted by Crippen LogP contribution is 2.49. The van der Waals surface area contributed by atoms with Crippen LogP contribution < -0.4 is 9.82 Å². The molecule has 0 aromatic carbocycles. The minimum atomic E-state index is -4.51. The van der Waals surface area contributed by atoms with E-state index in [1.54, 1.807) is 27.7 Å². The van der Waals surface area contributed by atoms with Crippen LogP contribution in [0.3, 0.4) is 0 Å². The Labute approximate surface area is 241 Å². The monoisotopic (exact) mass is 621 g/mol. The third-order valence-electron chi connectivity index (χ3n) is 5.94. The number of hydrogen-bond acceptors (Lipinski definition) is 14. The second-order valence-corrected chi connectivity index (χ2v) is 11.6. The maximum atomic E-state index is 16.0. The Balaban J connectivity index is 1.82. The third kappa shape index (κ3) is 7.71. The quantitative estimate of drug-likeness (QED) is 0.188. The molecule has 1 aliphatic rings. The second-order valence-electron chi connectivity index (χ2n) is 9.83. The molecule has 3 heterocycles. The van der Waals surface area contributed by atoms with Crippen LogP contribution in [0.2, 0.25) is 0 Å². The van der Waals surface area contributed by atoms with Gasteiger partial charge in [-0.05, 0) is 48.5 Å². The highest BCUT2D eigenvalue weighted by atomic mass is 31.2. The average Bonchev–Trinajstić information content (AvgIpc) is 3.39. The zero-order chi connectivity index (χ0) is 31.4. The van der Waals surface area contributed by atoms with Gasteiger partial charge in [0.25, 0.3) is 0 Å². The minimum absolute atomic E-state index is 0.0146. The van der Waals surface area contributed by atoms with Crippen molar-refractivity contribution < 1.29 is 56.4 Å². The number of imidazole rings is 1. The Bertz CT molecular complexity index is 1310. The number of fused-ring (bicyclic) bond motifs is 1. The van der Waals surface area contributed by atoms with Crippen molar-refractivity contribution in [3.05, 3.63) is 12.2 Å². The van der Waals surface area contributed by atoms with Crippen LogP contribution in [0, 0.1) is 6.92 Å². The third-order valence-corrected chi connectivity index (χ3v) is 7.71. The fraction of sp³-hybridized carbons (Fsp3) is 0.708. The number of carbonyl (C=O) groups excluding carboxylic acids is 2. The molecule has 1 aliphatic heterocycles. The SMILES string of the molecule is CCOC(=O)OC(C)OP(=O)(N[C@@H](C)C(=O)OC(C)C)OC[C@H]1O[C@@H](n2cnc3c(OC)nc(C)nc32)[C@](C)(F)[C@@H]1O. The van der Waals surface area contributed by atoms with Gasteiger partial charge in [-0.2, -0.15) is 4.98 Å². The van der Waals surface area contributed by atoms with Crippen LogP contribution >= 0.6 is 7.75 Å². The van der Waals surface area contributed by atoms with Crippen molar-refractivity contribution in [2.75, 3.05) is 20.3 Å². The molecule has 0 spiro atoms. The van der Waals surface area contributed by atoms with E-state index in [0.29, 0.717) is 5.82 Å². The topological polar surface area (TPSA) is 192 Å². The Morgan fingerprint density at radius 3 is 2.57 bits per heavy atom. The van der Waals surface area contributed by atoms with Gasteiger partial charge >= 0.3 is 19.9 Å². The summed E-state index contributed by atoms with van der Waals surface area (Å²) in [4.78, 5) is 36.7. The molecule has 2 aromatic rings. The van der Waals surface area contributed by atoms with E-state index in [9.17, 15) is 19.3 Å². The van der Waals surface area contributed by atoms with Gasteiger partial charge in [-0.1, -0.05) is 0 Å². The summed E-state index contributed by atoms with van der Waals surface area (Å²) < 4.78 is 67.5.